The van der Waals surface area contributed by atoms with Crippen LogP contribution in [0, 0.1) is 6.92 Å². The highest BCUT2D eigenvalue weighted by Crippen LogP contribution is 2.29. The Labute approximate surface area is 196 Å². The lowest BCUT2D eigenvalue weighted by Crippen LogP contribution is -2.29. The monoisotopic (exact) mass is 484 g/mol. The molecule has 0 aliphatic heterocycles. The van der Waals surface area contributed by atoms with Crippen molar-refractivity contribution in [3.8, 4) is 17.4 Å². The number of methoxy groups -OCH3 is 1. The molecule has 4 heterocycles. The van der Waals surface area contributed by atoms with Gasteiger partial charge in [-0.3, -0.25) is 9.29 Å². The number of sulfonamides is 1. The van der Waals surface area contributed by atoms with E-state index in [0.717, 1.165) is 5.56 Å². The van der Waals surface area contributed by atoms with Gasteiger partial charge in [-0.1, -0.05) is 11.2 Å². The van der Waals surface area contributed by atoms with Crippen LogP contribution in [-0.4, -0.2) is 55.7 Å². The lowest BCUT2D eigenvalue weighted by molar-refractivity contribution is 0.354. The van der Waals surface area contributed by atoms with E-state index in [1.807, 2.05) is 13.8 Å². The summed E-state index contributed by atoms with van der Waals surface area (Å²) < 4.78 is 41.0. The molecule has 4 rings (SSSR count). The summed E-state index contributed by atoms with van der Waals surface area (Å²) in [6.45, 7) is 5.26. The molecule has 4 aromatic heterocycles. The summed E-state index contributed by atoms with van der Waals surface area (Å²) in [5.74, 6) is 1.65. The summed E-state index contributed by atoms with van der Waals surface area (Å²) in [5.41, 5.74) is 1.34. The molecule has 0 saturated carbocycles. The van der Waals surface area contributed by atoms with E-state index in [1.54, 1.807) is 48.1 Å². The van der Waals surface area contributed by atoms with Crippen LogP contribution in [-0.2, 0) is 16.4 Å². The fraction of sp³-hybridized carbons (Fsp3) is 0.333. The molecule has 0 unspecified atom stereocenters. The summed E-state index contributed by atoms with van der Waals surface area (Å²) in [6, 6.07) is 6.37. The molecular formula is C21H24N8O4S. The molecule has 0 saturated heterocycles. The highest BCUT2D eigenvalue weighted by atomic mass is 32.2. The normalized spacial score (nSPS) is 13.4. The zero-order valence-electron chi connectivity index (χ0n) is 19.1. The van der Waals surface area contributed by atoms with E-state index in [9.17, 15) is 8.42 Å². The van der Waals surface area contributed by atoms with Gasteiger partial charge in [0.2, 0.25) is 21.9 Å². The highest BCUT2D eigenvalue weighted by molar-refractivity contribution is 7.93. The third-order valence-corrected chi connectivity index (χ3v) is 6.88. The van der Waals surface area contributed by atoms with E-state index in [-0.39, 0.29) is 12.4 Å². The average Bonchev–Trinajstić information content (AvgIpc) is 3.50. The molecule has 0 spiro atoms. The molecule has 0 fully saturated rings. The number of nitrogens with zero attached hydrogens (tertiary/aromatic N) is 7. The van der Waals surface area contributed by atoms with Gasteiger partial charge in [0, 0.05) is 30.9 Å². The minimum absolute atomic E-state index is 0.0141. The molecule has 1 N–H and O–H groups in total. The quantitative estimate of drug-likeness (QED) is 0.375. The summed E-state index contributed by atoms with van der Waals surface area (Å²) >= 11 is 0. The van der Waals surface area contributed by atoms with Crippen LogP contribution >= 0.6 is 0 Å². The molecule has 2 atom stereocenters. The number of hydrogen-bond donors (Lipinski definition) is 1. The molecule has 178 valence electrons. The standard InChI is InChI=1S/C21H24N8O4S/c1-13-11-22-18(23-12-13)10-14(2)34(30,31)28-21-27-26-20(16-6-5-7-19(25-16)32-4)29(21)15(3)17-8-9-24-33-17/h5-9,11-12,14-15H,10H2,1-4H3,(H,27,28)/t14-,15-/m0/s1. The van der Waals surface area contributed by atoms with Crippen LogP contribution in [0.2, 0.25) is 0 Å². The smallest absolute Gasteiger partial charge is 0.239 e. The van der Waals surface area contributed by atoms with E-state index in [4.69, 9.17) is 9.26 Å². The topological polar surface area (TPSA) is 151 Å². The maximum atomic E-state index is 13.2. The van der Waals surface area contributed by atoms with Crippen LogP contribution in [0.4, 0.5) is 5.95 Å². The van der Waals surface area contributed by atoms with Crippen molar-refractivity contribution in [2.45, 2.75) is 38.5 Å². The summed E-state index contributed by atoms with van der Waals surface area (Å²) in [7, 11) is -2.37. The SMILES string of the molecule is COc1cccc(-c2nnc(NS(=O)(=O)[C@@H](C)Cc3ncc(C)cn3)n2[C@@H](C)c2ccno2)n1. The van der Waals surface area contributed by atoms with Crippen LogP contribution in [0.1, 0.15) is 37.0 Å². The van der Waals surface area contributed by atoms with Gasteiger partial charge in [0.15, 0.2) is 11.6 Å². The molecule has 0 bridgehead atoms. The summed E-state index contributed by atoms with van der Waals surface area (Å²) in [5, 5.41) is 11.2. The summed E-state index contributed by atoms with van der Waals surface area (Å²) in [4.78, 5) is 12.8. The van der Waals surface area contributed by atoms with Crippen molar-refractivity contribution in [1.29, 1.82) is 0 Å². The van der Waals surface area contributed by atoms with Gasteiger partial charge in [-0.25, -0.2) is 23.4 Å². The number of pyridine rings is 1. The maximum absolute atomic E-state index is 13.2. The molecule has 34 heavy (non-hydrogen) atoms. The molecular weight excluding hydrogens is 460 g/mol. The Morgan fingerprint density at radius 2 is 1.91 bits per heavy atom. The van der Waals surface area contributed by atoms with Gasteiger partial charge in [0.25, 0.3) is 0 Å². The Kier molecular flexibility index (Phi) is 6.54. The molecule has 0 aliphatic rings. The van der Waals surface area contributed by atoms with Crippen LogP contribution in [0.5, 0.6) is 5.88 Å². The number of aromatic nitrogens is 7. The molecule has 12 nitrogen and oxygen atoms in total. The Bertz CT molecular complexity index is 1350. The van der Waals surface area contributed by atoms with Crippen molar-refractivity contribution in [2.75, 3.05) is 11.8 Å². The zero-order chi connectivity index (χ0) is 24.3. The first-order valence-electron chi connectivity index (χ1n) is 10.4. The first-order valence-corrected chi connectivity index (χ1v) is 12.0. The molecule has 0 amide bonds. The highest BCUT2D eigenvalue weighted by Gasteiger charge is 2.29. The van der Waals surface area contributed by atoms with Gasteiger partial charge in [0.1, 0.15) is 11.5 Å². The Morgan fingerprint density at radius 3 is 2.59 bits per heavy atom. The lowest BCUT2D eigenvalue weighted by Gasteiger charge is -2.18. The molecule has 0 aliphatic carbocycles. The van der Waals surface area contributed by atoms with Gasteiger partial charge < -0.3 is 9.26 Å². The minimum atomic E-state index is -3.87. The fourth-order valence-electron chi connectivity index (χ4n) is 3.24. The number of aryl methyl sites for hydroxylation is 1. The molecule has 0 radical (unpaired) electrons. The van der Waals surface area contributed by atoms with Gasteiger partial charge in [-0.15, -0.1) is 10.2 Å². The fourth-order valence-corrected chi connectivity index (χ4v) is 4.21. The van der Waals surface area contributed by atoms with Crippen LogP contribution in [0.25, 0.3) is 11.5 Å². The number of anilines is 1. The van der Waals surface area contributed by atoms with E-state index >= 15 is 0 Å². The lowest BCUT2D eigenvalue weighted by atomic mass is 10.2. The van der Waals surface area contributed by atoms with Crippen LogP contribution in [0.3, 0.4) is 0 Å². The summed E-state index contributed by atoms with van der Waals surface area (Å²) in [6.07, 6.45) is 4.94. The number of rotatable bonds is 9. The van der Waals surface area contributed by atoms with Crippen molar-refractivity contribution in [3.05, 3.63) is 60.0 Å². The van der Waals surface area contributed by atoms with E-state index in [2.05, 4.69) is 35.0 Å². The molecule has 13 heteroatoms. The van der Waals surface area contributed by atoms with Crippen molar-refractivity contribution >= 4 is 16.0 Å². The average molecular weight is 485 g/mol. The van der Waals surface area contributed by atoms with E-state index < -0.39 is 21.3 Å². The number of hydrogen-bond acceptors (Lipinski definition) is 10. The second kappa shape index (κ2) is 9.55. The number of ether oxygens (including phenoxy) is 1. The van der Waals surface area contributed by atoms with E-state index in [1.165, 1.54) is 13.3 Å². The van der Waals surface area contributed by atoms with Crippen molar-refractivity contribution in [1.82, 2.24) is 34.9 Å². The zero-order valence-corrected chi connectivity index (χ0v) is 19.9. The van der Waals surface area contributed by atoms with Crippen LogP contribution in [0.15, 0.2) is 47.4 Å². The first kappa shape index (κ1) is 23.3. The van der Waals surface area contributed by atoms with Gasteiger partial charge in [0.05, 0.1) is 24.6 Å². The Morgan fingerprint density at radius 1 is 1.15 bits per heavy atom. The Hall–Kier alpha value is -3.87. The molecule has 4 aromatic rings. The van der Waals surface area contributed by atoms with Crippen LogP contribution < -0.4 is 9.46 Å². The Balaban J connectivity index is 1.69. The maximum Gasteiger partial charge on any atom is 0.239 e. The third kappa shape index (κ3) is 4.88. The van der Waals surface area contributed by atoms with Crippen molar-refractivity contribution in [2.24, 2.45) is 0 Å². The predicted molar refractivity (Wildman–Crippen MR) is 123 cm³/mol. The predicted octanol–water partition coefficient (Wildman–Crippen LogP) is 2.42. The van der Waals surface area contributed by atoms with Gasteiger partial charge in [-0.2, -0.15) is 0 Å². The van der Waals surface area contributed by atoms with Gasteiger partial charge >= 0.3 is 0 Å². The number of nitrogens with one attached hydrogen (secondary N) is 1. The first-order chi connectivity index (χ1) is 16.3. The van der Waals surface area contributed by atoms with Crippen molar-refractivity contribution in [3.63, 3.8) is 0 Å². The van der Waals surface area contributed by atoms with Gasteiger partial charge in [-0.05, 0) is 32.4 Å². The second-order valence-corrected chi connectivity index (χ2v) is 9.81. The largest absolute Gasteiger partial charge is 0.481 e. The third-order valence-electron chi connectivity index (χ3n) is 5.18. The second-order valence-electron chi connectivity index (χ2n) is 7.71. The van der Waals surface area contributed by atoms with E-state index in [0.29, 0.717) is 29.0 Å². The molecule has 0 aromatic carbocycles. The minimum Gasteiger partial charge on any atom is -0.481 e. The van der Waals surface area contributed by atoms with Crippen molar-refractivity contribution < 1.29 is 17.7 Å².